The molecule has 0 saturated carbocycles. The van der Waals surface area contributed by atoms with E-state index in [2.05, 4.69) is 77.6 Å². The van der Waals surface area contributed by atoms with Gasteiger partial charge in [-0.1, -0.05) is 43.4 Å². The van der Waals surface area contributed by atoms with Gasteiger partial charge in [0.05, 0.1) is 10.4 Å². The highest BCUT2D eigenvalue weighted by atomic mass is 79.9. The molecule has 1 atom stereocenters. The maximum absolute atomic E-state index is 6.12. The summed E-state index contributed by atoms with van der Waals surface area (Å²) in [5.41, 5.74) is 1.31. The first-order valence-corrected chi connectivity index (χ1v) is 15.1. The third-order valence-electron chi connectivity index (χ3n) is 5.29. The molecule has 4 rings (SSSR count). The van der Waals surface area contributed by atoms with E-state index in [1.807, 2.05) is 11.3 Å². The highest BCUT2D eigenvalue weighted by Crippen LogP contribution is 2.34. The molecular formula is C22H25BrO2S2Si. The first-order chi connectivity index (χ1) is 13.5. The molecule has 2 aromatic heterocycles. The SMILES string of the molecule is C[Si](C)(c1ccc(-c2ccc(Br)s2)s1)c1ccccc1COC1CCCCO1. The smallest absolute Gasteiger partial charge is 0.158 e. The molecule has 1 saturated heterocycles. The summed E-state index contributed by atoms with van der Waals surface area (Å²) in [5, 5.41) is 1.46. The lowest BCUT2D eigenvalue weighted by atomic mass is 10.2. The van der Waals surface area contributed by atoms with Crippen LogP contribution in [0.15, 0.2) is 52.3 Å². The standard InChI is InChI=1S/C22H25BrO2S2Si/c1-28(2,22-13-11-18(27-22)17-10-12-20(23)26-17)19-8-4-3-7-16(19)15-25-21-9-5-6-14-24-21/h3-4,7-8,10-13,21H,5-6,9,14-15H2,1-2H3. The van der Waals surface area contributed by atoms with Gasteiger partial charge in [0.25, 0.3) is 0 Å². The van der Waals surface area contributed by atoms with Crippen molar-refractivity contribution in [2.45, 2.75) is 45.3 Å². The Hall–Kier alpha value is -0.763. The van der Waals surface area contributed by atoms with Crippen molar-refractivity contribution in [3.8, 4) is 9.75 Å². The Morgan fingerprint density at radius 3 is 2.57 bits per heavy atom. The molecule has 0 N–H and O–H groups in total. The zero-order chi connectivity index (χ0) is 19.6. The summed E-state index contributed by atoms with van der Waals surface area (Å²) < 4.78 is 14.6. The zero-order valence-electron chi connectivity index (χ0n) is 16.2. The Kier molecular flexibility index (Phi) is 6.55. The van der Waals surface area contributed by atoms with Crippen molar-refractivity contribution >= 4 is 56.4 Å². The summed E-state index contributed by atoms with van der Waals surface area (Å²) in [6.45, 7) is 6.35. The van der Waals surface area contributed by atoms with Crippen LogP contribution >= 0.6 is 38.6 Å². The summed E-state index contributed by atoms with van der Waals surface area (Å²) in [5.74, 6) is 0. The van der Waals surface area contributed by atoms with Gasteiger partial charge in [0.1, 0.15) is 8.07 Å². The number of hydrogen-bond donors (Lipinski definition) is 0. The molecule has 3 aromatic rings. The molecule has 6 heteroatoms. The van der Waals surface area contributed by atoms with Crippen LogP contribution in [0.3, 0.4) is 0 Å². The second-order valence-corrected chi connectivity index (χ2v) is 15.9. The highest BCUT2D eigenvalue weighted by molar-refractivity contribution is 9.11. The fourth-order valence-electron chi connectivity index (χ4n) is 3.67. The number of benzene rings is 1. The Morgan fingerprint density at radius 2 is 1.82 bits per heavy atom. The number of hydrogen-bond acceptors (Lipinski definition) is 4. The maximum Gasteiger partial charge on any atom is 0.158 e. The number of rotatable bonds is 6. The minimum Gasteiger partial charge on any atom is -0.353 e. The molecule has 2 nitrogen and oxygen atoms in total. The van der Waals surface area contributed by atoms with Crippen LogP contribution in [0.2, 0.25) is 13.1 Å². The Bertz CT molecular complexity index is 928. The van der Waals surface area contributed by atoms with Crippen LogP contribution in [0.4, 0.5) is 0 Å². The second kappa shape index (κ2) is 8.94. The summed E-state index contributed by atoms with van der Waals surface area (Å²) in [4.78, 5) is 2.69. The van der Waals surface area contributed by atoms with Crippen LogP contribution in [0.5, 0.6) is 0 Å². The van der Waals surface area contributed by atoms with E-state index in [0.29, 0.717) is 6.61 Å². The normalized spacial score (nSPS) is 17.8. The third-order valence-corrected chi connectivity index (χ3v) is 13.1. The molecule has 3 heterocycles. The third kappa shape index (κ3) is 4.53. The Morgan fingerprint density at radius 1 is 1.04 bits per heavy atom. The minimum absolute atomic E-state index is 0.0443. The first kappa shape index (κ1) is 20.5. The van der Waals surface area contributed by atoms with Crippen LogP contribution < -0.4 is 9.69 Å². The van der Waals surface area contributed by atoms with E-state index in [4.69, 9.17) is 9.47 Å². The lowest BCUT2D eigenvalue weighted by Gasteiger charge is -2.27. The van der Waals surface area contributed by atoms with Crippen LogP contribution in [-0.2, 0) is 16.1 Å². The molecular weight excluding hydrogens is 468 g/mol. The molecule has 0 spiro atoms. The average Bonchev–Trinajstić information content (AvgIpc) is 3.37. The van der Waals surface area contributed by atoms with Gasteiger partial charge in [-0.05, 0) is 68.6 Å². The lowest BCUT2D eigenvalue weighted by Crippen LogP contribution is -2.53. The average molecular weight is 494 g/mol. The van der Waals surface area contributed by atoms with Gasteiger partial charge in [-0.2, -0.15) is 0 Å². The number of ether oxygens (including phenoxy) is 2. The van der Waals surface area contributed by atoms with E-state index in [1.54, 1.807) is 11.3 Å². The first-order valence-electron chi connectivity index (χ1n) is 9.71. The number of thiophene rings is 2. The van der Waals surface area contributed by atoms with Gasteiger partial charge in [-0.25, -0.2) is 0 Å². The largest absolute Gasteiger partial charge is 0.353 e. The van der Waals surface area contributed by atoms with E-state index in [1.165, 1.54) is 35.2 Å². The Labute approximate surface area is 184 Å². The van der Waals surface area contributed by atoms with Gasteiger partial charge in [0.15, 0.2) is 6.29 Å². The summed E-state index contributed by atoms with van der Waals surface area (Å²) in [6, 6.07) is 17.7. The van der Waals surface area contributed by atoms with Gasteiger partial charge < -0.3 is 9.47 Å². The van der Waals surface area contributed by atoms with Crippen molar-refractivity contribution in [1.82, 2.24) is 0 Å². The van der Waals surface area contributed by atoms with E-state index in [9.17, 15) is 0 Å². The predicted octanol–water partition coefficient (Wildman–Crippen LogP) is 6.10. The van der Waals surface area contributed by atoms with E-state index < -0.39 is 8.07 Å². The summed E-state index contributed by atoms with van der Waals surface area (Å²) >= 11 is 7.32. The molecule has 0 aliphatic carbocycles. The maximum atomic E-state index is 6.12. The molecule has 148 valence electrons. The molecule has 0 bridgehead atoms. The van der Waals surface area contributed by atoms with Crippen molar-refractivity contribution < 1.29 is 9.47 Å². The fraction of sp³-hybridized carbons (Fsp3) is 0.364. The van der Waals surface area contributed by atoms with E-state index in [-0.39, 0.29) is 6.29 Å². The van der Waals surface area contributed by atoms with Crippen molar-refractivity contribution in [3.63, 3.8) is 0 Å². The van der Waals surface area contributed by atoms with Crippen molar-refractivity contribution in [2.75, 3.05) is 6.61 Å². The van der Waals surface area contributed by atoms with E-state index >= 15 is 0 Å². The molecule has 28 heavy (non-hydrogen) atoms. The van der Waals surface area contributed by atoms with Crippen LogP contribution in [0.25, 0.3) is 9.75 Å². The molecule has 1 aliphatic rings. The molecule has 0 radical (unpaired) electrons. The quantitative estimate of drug-likeness (QED) is 0.386. The highest BCUT2D eigenvalue weighted by Gasteiger charge is 2.30. The molecule has 1 fully saturated rings. The Balaban J connectivity index is 1.56. The predicted molar refractivity (Wildman–Crippen MR) is 127 cm³/mol. The van der Waals surface area contributed by atoms with E-state index in [0.717, 1.165) is 19.4 Å². The van der Waals surface area contributed by atoms with Crippen LogP contribution in [0, 0.1) is 0 Å². The molecule has 1 aliphatic heterocycles. The van der Waals surface area contributed by atoms with Crippen molar-refractivity contribution in [3.05, 3.63) is 57.9 Å². The summed E-state index contributed by atoms with van der Waals surface area (Å²) in [7, 11) is -1.80. The molecule has 1 aromatic carbocycles. The van der Waals surface area contributed by atoms with Crippen molar-refractivity contribution in [2.24, 2.45) is 0 Å². The van der Waals surface area contributed by atoms with Gasteiger partial charge >= 0.3 is 0 Å². The number of halogens is 1. The zero-order valence-corrected chi connectivity index (χ0v) is 20.5. The van der Waals surface area contributed by atoms with Crippen LogP contribution in [0.1, 0.15) is 24.8 Å². The van der Waals surface area contributed by atoms with Crippen molar-refractivity contribution in [1.29, 1.82) is 0 Å². The topological polar surface area (TPSA) is 18.5 Å². The van der Waals surface area contributed by atoms with Crippen LogP contribution in [-0.4, -0.2) is 21.0 Å². The molecule has 0 amide bonds. The van der Waals surface area contributed by atoms with Gasteiger partial charge in [-0.15, -0.1) is 22.7 Å². The van der Waals surface area contributed by atoms with Gasteiger partial charge in [-0.3, -0.25) is 0 Å². The lowest BCUT2D eigenvalue weighted by molar-refractivity contribution is -0.168. The fourth-order valence-corrected chi connectivity index (χ4v) is 9.82. The second-order valence-electron chi connectivity index (χ2n) is 7.66. The summed E-state index contributed by atoms with van der Waals surface area (Å²) in [6.07, 6.45) is 3.31. The van der Waals surface area contributed by atoms with Gasteiger partial charge in [0.2, 0.25) is 0 Å². The molecule has 1 unspecified atom stereocenters. The van der Waals surface area contributed by atoms with Gasteiger partial charge in [0, 0.05) is 16.4 Å². The monoisotopic (exact) mass is 492 g/mol. The minimum atomic E-state index is -1.80.